The highest BCUT2D eigenvalue weighted by atomic mass is 19.1. The monoisotopic (exact) mass is 261 g/mol. The Balaban J connectivity index is 1.68. The number of rotatable bonds is 3. The Bertz CT molecular complexity index is 609. The summed E-state index contributed by atoms with van der Waals surface area (Å²) < 4.78 is 17.7. The number of aryl methyl sites for hydroxylation is 1. The van der Waals surface area contributed by atoms with Crippen molar-refractivity contribution in [1.82, 2.24) is 10.3 Å². The summed E-state index contributed by atoms with van der Waals surface area (Å²) in [6.07, 6.45) is 2.58. The average Bonchev–Trinajstić information content (AvgIpc) is 2.88. The van der Waals surface area contributed by atoms with Crippen molar-refractivity contribution < 1.29 is 13.9 Å². The lowest BCUT2D eigenvalue weighted by molar-refractivity contribution is 0.129. The zero-order valence-electron chi connectivity index (χ0n) is 10.2. The molecule has 1 aliphatic carbocycles. The third-order valence-electron chi connectivity index (χ3n) is 2.95. The van der Waals surface area contributed by atoms with E-state index in [0.717, 1.165) is 36.2 Å². The van der Waals surface area contributed by atoms with Crippen LogP contribution in [0.2, 0.25) is 0 Å². The molecule has 19 heavy (non-hydrogen) atoms. The molecule has 5 nitrogen and oxygen atoms in total. The van der Waals surface area contributed by atoms with Gasteiger partial charge in [-0.2, -0.15) is 0 Å². The number of oxime groups is 1. The number of hydrogen-bond donors (Lipinski definition) is 0. The van der Waals surface area contributed by atoms with E-state index in [-0.39, 0.29) is 12.4 Å². The predicted molar refractivity (Wildman–Crippen MR) is 65.0 cm³/mol. The number of halogens is 1. The Morgan fingerprint density at radius 2 is 2.26 bits per heavy atom. The molecule has 6 heteroatoms. The molecule has 0 fully saturated rings. The number of hydrogen-bond acceptors (Lipinski definition) is 5. The van der Waals surface area contributed by atoms with Gasteiger partial charge in [-0.25, -0.2) is 9.02 Å². The fraction of sp³-hybridized carbons (Fsp3) is 0.308. The Morgan fingerprint density at radius 3 is 3.16 bits per heavy atom. The molecule has 1 heterocycles. The summed E-state index contributed by atoms with van der Waals surface area (Å²) in [7, 11) is 0. The van der Waals surface area contributed by atoms with Crippen molar-refractivity contribution in [1.29, 1.82) is 0 Å². The van der Waals surface area contributed by atoms with E-state index in [0.29, 0.717) is 5.69 Å². The fourth-order valence-corrected chi connectivity index (χ4v) is 2.03. The van der Waals surface area contributed by atoms with Gasteiger partial charge >= 0.3 is 0 Å². The topological polar surface area (TPSA) is 60.5 Å². The highest BCUT2D eigenvalue weighted by Gasteiger charge is 2.21. The molecule has 0 saturated carbocycles. The molecule has 3 rings (SSSR count). The van der Waals surface area contributed by atoms with Gasteiger partial charge in [0.25, 0.3) is 0 Å². The summed E-state index contributed by atoms with van der Waals surface area (Å²) >= 11 is 0. The SMILES string of the molecule is Fc1cccc(CON=C2CCCc3nonc32)c1. The average molecular weight is 261 g/mol. The van der Waals surface area contributed by atoms with E-state index in [1.807, 2.05) is 0 Å². The quantitative estimate of drug-likeness (QED) is 0.796. The van der Waals surface area contributed by atoms with Gasteiger partial charge in [0.05, 0.1) is 0 Å². The van der Waals surface area contributed by atoms with E-state index in [1.54, 1.807) is 12.1 Å². The highest BCUT2D eigenvalue weighted by molar-refractivity contribution is 6.00. The van der Waals surface area contributed by atoms with Gasteiger partial charge in [0.2, 0.25) is 0 Å². The van der Waals surface area contributed by atoms with Crippen LogP contribution in [0.5, 0.6) is 0 Å². The van der Waals surface area contributed by atoms with Crippen LogP contribution >= 0.6 is 0 Å². The molecular weight excluding hydrogens is 249 g/mol. The summed E-state index contributed by atoms with van der Waals surface area (Å²) in [4.78, 5) is 5.25. The molecule has 1 aromatic heterocycles. The Kier molecular flexibility index (Phi) is 3.22. The maximum atomic E-state index is 13.0. The lowest BCUT2D eigenvalue weighted by Gasteiger charge is -2.09. The summed E-state index contributed by atoms with van der Waals surface area (Å²) in [5, 5.41) is 11.7. The van der Waals surface area contributed by atoms with Crippen molar-refractivity contribution in [2.75, 3.05) is 0 Å². The third kappa shape index (κ3) is 2.62. The molecule has 1 aliphatic rings. The van der Waals surface area contributed by atoms with Crippen LogP contribution in [0.25, 0.3) is 0 Å². The molecule has 0 bridgehead atoms. The third-order valence-corrected chi connectivity index (χ3v) is 2.95. The van der Waals surface area contributed by atoms with Crippen LogP contribution in [0.15, 0.2) is 34.1 Å². The van der Waals surface area contributed by atoms with Crippen LogP contribution in [0.1, 0.15) is 29.8 Å². The molecule has 0 saturated heterocycles. The first-order chi connectivity index (χ1) is 9.33. The van der Waals surface area contributed by atoms with Gasteiger partial charge in [-0.15, -0.1) is 0 Å². The van der Waals surface area contributed by atoms with Gasteiger partial charge in [-0.1, -0.05) is 22.4 Å². The van der Waals surface area contributed by atoms with Crippen LogP contribution in [0.3, 0.4) is 0 Å². The standard InChI is InChI=1S/C13H12FN3O2/c14-10-4-1-3-9(7-10)8-18-15-11-5-2-6-12-13(11)17-19-16-12/h1,3-4,7H,2,5-6,8H2. The molecular formula is C13H12FN3O2. The number of aromatic nitrogens is 2. The molecule has 98 valence electrons. The number of nitrogens with zero attached hydrogens (tertiary/aromatic N) is 3. The normalized spacial score (nSPS) is 16.4. The van der Waals surface area contributed by atoms with Crippen molar-refractivity contribution in [3.8, 4) is 0 Å². The molecule has 2 aromatic rings. The van der Waals surface area contributed by atoms with Gasteiger partial charge in [-0.05, 0) is 42.1 Å². The maximum absolute atomic E-state index is 13.0. The molecule has 0 unspecified atom stereocenters. The first-order valence-corrected chi connectivity index (χ1v) is 6.08. The van der Waals surface area contributed by atoms with Gasteiger partial charge in [0.1, 0.15) is 23.8 Å². The lowest BCUT2D eigenvalue weighted by atomic mass is 9.99. The zero-order chi connectivity index (χ0) is 13.1. The van der Waals surface area contributed by atoms with E-state index in [4.69, 9.17) is 9.47 Å². The number of benzene rings is 1. The fourth-order valence-electron chi connectivity index (χ4n) is 2.03. The Morgan fingerprint density at radius 1 is 1.32 bits per heavy atom. The van der Waals surface area contributed by atoms with Crippen LogP contribution in [0.4, 0.5) is 4.39 Å². The first-order valence-electron chi connectivity index (χ1n) is 6.08. The maximum Gasteiger partial charge on any atom is 0.155 e. The highest BCUT2D eigenvalue weighted by Crippen LogP contribution is 2.18. The smallest absolute Gasteiger partial charge is 0.155 e. The van der Waals surface area contributed by atoms with E-state index >= 15 is 0 Å². The Labute approximate surface area is 109 Å². The molecule has 0 amide bonds. The van der Waals surface area contributed by atoms with E-state index < -0.39 is 0 Å². The van der Waals surface area contributed by atoms with Crippen molar-refractivity contribution in [2.24, 2.45) is 5.16 Å². The van der Waals surface area contributed by atoms with E-state index in [9.17, 15) is 4.39 Å². The minimum absolute atomic E-state index is 0.224. The second kappa shape index (κ2) is 5.17. The van der Waals surface area contributed by atoms with Crippen molar-refractivity contribution >= 4 is 5.71 Å². The Hall–Kier alpha value is -2.24. The molecule has 0 aliphatic heterocycles. The minimum Gasteiger partial charge on any atom is -0.391 e. The number of fused-ring (bicyclic) bond motifs is 1. The molecule has 0 atom stereocenters. The van der Waals surface area contributed by atoms with Crippen molar-refractivity contribution in [3.05, 3.63) is 47.0 Å². The summed E-state index contributed by atoms with van der Waals surface area (Å²) in [5.74, 6) is -0.283. The molecule has 0 radical (unpaired) electrons. The summed E-state index contributed by atoms with van der Waals surface area (Å²) in [6, 6.07) is 6.24. The van der Waals surface area contributed by atoms with Crippen LogP contribution in [-0.2, 0) is 17.9 Å². The minimum atomic E-state index is -0.283. The van der Waals surface area contributed by atoms with Crippen LogP contribution < -0.4 is 0 Å². The van der Waals surface area contributed by atoms with Crippen molar-refractivity contribution in [3.63, 3.8) is 0 Å². The predicted octanol–water partition coefficient (Wildman–Crippen LogP) is 2.47. The molecule has 1 aromatic carbocycles. The lowest BCUT2D eigenvalue weighted by Crippen LogP contribution is -2.12. The van der Waals surface area contributed by atoms with E-state index in [1.165, 1.54) is 12.1 Å². The first kappa shape index (κ1) is 11.8. The summed E-state index contributed by atoms with van der Waals surface area (Å²) in [5.41, 5.74) is 2.96. The summed E-state index contributed by atoms with van der Waals surface area (Å²) in [6.45, 7) is 0.224. The largest absolute Gasteiger partial charge is 0.391 e. The van der Waals surface area contributed by atoms with Gasteiger partial charge < -0.3 is 4.84 Å². The second-order valence-corrected chi connectivity index (χ2v) is 4.35. The van der Waals surface area contributed by atoms with Crippen LogP contribution in [0, 0.1) is 5.82 Å². The van der Waals surface area contributed by atoms with Gasteiger partial charge in [-0.3, -0.25) is 0 Å². The zero-order valence-corrected chi connectivity index (χ0v) is 10.2. The van der Waals surface area contributed by atoms with Crippen molar-refractivity contribution in [2.45, 2.75) is 25.9 Å². The van der Waals surface area contributed by atoms with Gasteiger partial charge in [0, 0.05) is 0 Å². The van der Waals surface area contributed by atoms with E-state index in [2.05, 4.69) is 15.5 Å². The van der Waals surface area contributed by atoms with Gasteiger partial charge in [0.15, 0.2) is 5.69 Å². The second-order valence-electron chi connectivity index (χ2n) is 4.35. The van der Waals surface area contributed by atoms with Crippen LogP contribution in [-0.4, -0.2) is 16.0 Å². The molecule has 0 spiro atoms. The molecule has 0 N–H and O–H groups in total.